The van der Waals surface area contributed by atoms with E-state index in [9.17, 15) is 14.7 Å². The quantitative estimate of drug-likeness (QED) is 0.491. The summed E-state index contributed by atoms with van der Waals surface area (Å²) in [4.78, 5) is 25.5. The van der Waals surface area contributed by atoms with Crippen molar-refractivity contribution in [3.63, 3.8) is 0 Å². The van der Waals surface area contributed by atoms with Gasteiger partial charge in [-0.2, -0.15) is 0 Å². The lowest BCUT2D eigenvalue weighted by Crippen LogP contribution is -2.32. The van der Waals surface area contributed by atoms with Gasteiger partial charge in [-0.05, 0) is 54.6 Å². The topological polar surface area (TPSA) is 68.5 Å². The number of ether oxygens (including phenoxy) is 1. The number of hydrogen-bond acceptors (Lipinski definition) is 3. The van der Waals surface area contributed by atoms with E-state index >= 15 is 0 Å². The van der Waals surface area contributed by atoms with Crippen molar-refractivity contribution in [3.05, 3.63) is 82.8 Å². The lowest BCUT2D eigenvalue weighted by Gasteiger charge is -2.28. The van der Waals surface area contributed by atoms with Gasteiger partial charge in [0.2, 0.25) is 0 Å². The van der Waals surface area contributed by atoms with E-state index in [-0.39, 0.29) is 5.56 Å². The number of nitrogens with zero attached hydrogens (tertiary/aromatic N) is 1. The van der Waals surface area contributed by atoms with Gasteiger partial charge in [0.15, 0.2) is 6.10 Å². The summed E-state index contributed by atoms with van der Waals surface area (Å²) < 4.78 is 7.37. The van der Waals surface area contributed by atoms with E-state index in [4.69, 9.17) is 4.74 Å². The standard InChI is InChI=1S/C26H25NO4/c1-26(2,3)31-23(25(29)30)22-21(18-14-13-16-9-5-6-10-17(16)15-18)19-11-7-8-12-20(19)24(28)27(22)4/h5-15,23H,1-4H3,(H,29,30). The number of benzene rings is 3. The second-order valence-corrected chi connectivity index (χ2v) is 8.68. The summed E-state index contributed by atoms with van der Waals surface area (Å²) in [5, 5.41) is 13.4. The molecule has 1 heterocycles. The number of rotatable bonds is 4. The first-order valence-corrected chi connectivity index (χ1v) is 10.2. The number of fused-ring (bicyclic) bond motifs is 2. The second kappa shape index (κ2) is 7.67. The summed E-state index contributed by atoms with van der Waals surface area (Å²) in [7, 11) is 1.61. The summed E-state index contributed by atoms with van der Waals surface area (Å²) in [6, 6.07) is 21.3. The predicted molar refractivity (Wildman–Crippen MR) is 123 cm³/mol. The molecule has 31 heavy (non-hydrogen) atoms. The fourth-order valence-electron chi connectivity index (χ4n) is 4.02. The highest BCUT2D eigenvalue weighted by atomic mass is 16.5. The van der Waals surface area contributed by atoms with Crippen LogP contribution in [-0.2, 0) is 16.6 Å². The highest BCUT2D eigenvalue weighted by Gasteiger charge is 2.32. The van der Waals surface area contributed by atoms with Gasteiger partial charge in [-0.1, -0.05) is 54.6 Å². The smallest absolute Gasteiger partial charge is 0.339 e. The number of aromatic nitrogens is 1. The normalized spacial score (nSPS) is 12.9. The molecule has 0 bridgehead atoms. The maximum atomic E-state index is 13.2. The van der Waals surface area contributed by atoms with Crippen molar-refractivity contribution in [2.24, 2.45) is 7.05 Å². The van der Waals surface area contributed by atoms with Gasteiger partial charge in [0.1, 0.15) is 0 Å². The molecule has 0 amide bonds. The summed E-state index contributed by atoms with van der Waals surface area (Å²) >= 11 is 0. The van der Waals surface area contributed by atoms with E-state index in [2.05, 4.69) is 0 Å². The molecule has 1 atom stereocenters. The third-order valence-corrected chi connectivity index (χ3v) is 5.33. The Hall–Kier alpha value is -3.44. The molecular weight excluding hydrogens is 390 g/mol. The SMILES string of the molecule is Cn1c(C(OC(C)(C)C)C(=O)O)c(-c2ccc3ccccc3c2)c2ccccc2c1=O. The first-order chi connectivity index (χ1) is 14.7. The number of carboxylic acids is 1. The largest absolute Gasteiger partial charge is 0.479 e. The number of carbonyl (C=O) groups is 1. The number of aliphatic carboxylic acids is 1. The molecule has 5 nitrogen and oxygen atoms in total. The maximum absolute atomic E-state index is 13.2. The van der Waals surface area contributed by atoms with Crippen LogP contribution in [0.15, 0.2) is 71.5 Å². The van der Waals surface area contributed by atoms with Crippen LogP contribution in [0.2, 0.25) is 0 Å². The monoisotopic (exact) mass is 415 g/mol. The van der Waals surface area contributed by atoms with Crippen molar-refractivity contribution in [1.82, 2.24) is 4.57 Å². The Morgan fingerprint density at radius 1 is 0.935 bits per heavy atom. The Balaban J connectivity index is 2.13. The summed E-state index contributed by atoms with van der Waals surface area (Å²) in [5.41, 5.74) is 0.899. The molecule has 158 valence electrons. The Morgan fingerprint density at radius 3 is 2.19 bits per heavy atom. The number of pyridine rings is 1. The molecule has 0 spiro atoms. The van der Waals surface area contributed by atoms with E-state index < -0.39 is 17.7 Å². The van der Waals surface area contributed by atoms with Crippen LogP contribution >= 0.6 is 0 Å². The van der Waals surface area contributed by atoms with Gasteiger partial charge in [-0.3, -0.25) is 4.79 Å². The van der Waals surface area contributed by atoms with E-state index in [0.717, 1.165) is 16.3 Å². The van der Waals surface area contributed by atoms with Gasteiger partial charge in [0.05, 0.1) is 11.3 Å². The molecule has 0 radical (unpaired) electrons. The average molecular weight is 415 g/mol. The fraction of sp³-hybridized carbons (Fsp3) is 0.231. The van der Waals surface area contributed by atoms with Gasteiger partial charge in [0.25, 0.3) is 5.56 Å². The molecule has 0 saturated heterocycles. The second-order valence-electron chi connectivity index (χ2n) is 8.68. The molecule has 0 fully saturated rings. The first kappa shape index (κ1) is 20.8. The van der Waals surface area contributed by atoms with E-state index in [0.29, 0.717) is 22.0 Å². The molecule has 5 heteroatoms. The van der Waals surface area contributed by atoms with Crippen molar-refractivity contribution in [2.45, 2.75) is 32.5 Å². The molecule has 3 aromatic carbocycles. The molecule has 0 aliphatic carbocycles. The molecule has 4 rings (SSSR count). The van der Waals surface area contributed by atoms with E-state index in [1.54, 1.807) is 33.9 Å². The molecule has 0 saturated carbocycles. The zero-order valence-electron chi connectivity index (χ0n) is 18.0. The maximum Gasteiger partial charge on any atom is 0.339 e. The number of carboxylic acid groups (broad SMARTS) is 1. The van der Waals surface area contributed by atoms with Crippen LogP contribution in [0.1, 0.15) is 32.6 Å². The van der Waals surface area contributed by atoms with Crippen LogP contribution in [0.5, 0.6) is 0 Å². The van der Waals surface area contributed by atoms with E-state index in [1.807, 2.05) is 60.7 Å². The summed E-state index contributed by atoms with van der Waals surface area (Å²) in [6.07, 6.45) is -1.30. The van der Waals surface area contributed by atoms with Crippen LogP contribution in [0.25, 0.3) is 32.7 Å². The third kappa shape index (κ3) is 3.84. The van der Waals surface area contributed by atoms with Crippen molar-refractivity contribution in [3.8, 4) is 11.1 Å². The Morgan fingerprint density at radius 2 is 1.55 bits per heavy atom. The Labute approximate surface area is 180 Å². The highest BCUT2D eigenvalue weighted by molar-refractivity contribution is 6.00. The summed E-state index contributed by atoms with van der Waals surface area (Å²) in [6.45, 7) is 5.41. The van der Waals surface area contributed by atoms with Crippen LogP contribution in [-0.4, -0.2) is 21.2 Å². The molecule has 1 aromatic heterocycles. The minimum absolute atomic E-state index is 0.251. The molecule has 1 unspecified atom stereocenters. The lowest BCUT2D eigenvalue weighted by atomic mass is 9.92. The van der Waals surface area contributed by atoms with Gasteiger partial charge in [0, 0.05) is 18.0 Å². The van der Waals surface area contributed by atoms with Gasteiger partial charge < -0.3 is 14.4 Å². The summed E-state index contributed by atoms with van der Waals surface area (Å²) in [5.74, 6) is -1.14. The fourth-order valence-corrected chi connectivity index (χ4v) is 4.02. The third-order valence-electron chi connectivity index (χ3n) is 5.33. The van der Waals surface area contributed by atoms with Gasteiger partial charge in [-0.15, -0.1) is 0 Å². The zero-order valence-corrected chi connectivity index (χ0v) is 18.0. The van der Waals surface area contributed by atoms with E-state index in [1.165, 1.54) is 4.57 Å². The average Bonchev–Trinajstić information content (AvgIpc) is 2.73. The minimum Gasteiger partial charge on any atom is -0.479 e. The van der Waals surface area contributed by atoms with Crippen molar-refractivity contribution >= 4 is 27.5 Å². The predicted octanol–water partition coefficient (Wildman–Crippen LogP) is 5.30. The van der Waals surface area contributed by atoms with Crippen molar-refractivity contribution in [2.75, 3.05) is 0 Å². The Bertz CT molecular complexity index is 1360. The first-order valence-electron chi connectivity index (χ1n) is 10.2. The lowest BCUT2D eigenvalue weighted by molar-refractivity contribution is -0.161. The van der Waals surface area contributed by atoms with Gasteiger partial charge in [-0.25, -0.2) is 4.79 Å². The zero-order chi connectivity index (χ0) is 22.3. The van der Waals surface area contributed by atoms with Crippen LogP contribution in [0.4, 0.5) is 0 Å². The molecule has 4 aromatic rings. The van der Waals surface area contributed by atoms with Crippen LogP contribution in [0.3, 0.4) is 0 Å². The van der Waals surface area contributed by atoms with Crippen LogP contribution < -0.4 is 5.56 Å². The van der Waals surface area contributed by atoms with Crippen molar-refractivity contribution in [1.29, 1.82) is 0 Å². The van der Waals surface area contributed by atoms with Crippen LogP contribution in [0, 0.1) is 0 Å². The van der Waals surface area contributed by atoms with Crippen molar-refractivity contribution < 1.29 is 14.6 Å². The molecule has 1 N–H and O–H groups in total. The Kier molecular flexibility index (Phi) is 5.15. The highest BCUT2D eigenvalue weighted by Crippen LogP contribution is 2.37. The number of hydrogen-bond donors (Lipinski definition) is 1. The molecule has 0 aliphatic rings. The molecular formula is C26H25NO4. The van der Waals surface area contributed by atoms with Gasteiger partial charge >= 0.3 is 5.97 Å². The minimum atomic E-state index is -1.30. The molecule has 0 aliphatic heterocycles.